The number of hydrogen-bond acceptors (Lipinski definition) is 2. The van der Waals surface area contributed by atoms with Crippen molar-refractivity contribution in [2.45, 2.75) is 27.3 Å². The van der Waals surface area contributed by atoms with E-state index >= 15 is 0 Å². The Morgan fingerprint density at radius 3 is 2.77 bits per heavy atom. The summed E-state index contributed by atoms with van der Waals surface area (Å²) < 4.78 is 7.60. The van der Waals surface area contributed by atoms with Gasteiger partial charge in [0.15, 0.2) is 5.96 Å². The van der Waals surface area contributed by atoms with Crippen LogP contribution in [0.4, 0.5) is 0 Å². The van der Waals surface area contributed by atoms with Gasteiger partial charge in [-0.1, -0.05) is 25.4 Å². The van der Waals surface area contributed by atoms with Crippen molar-refractivity contribution >= 4 is 17.6 Å². The standard InChI is InChI=1S/C16H29ClN4O/c1-6-18-16(19-7-8-22-12-13(2)3)21(5)11-15-9-14(17)10-20(15)4/h9-10,13H,6-8,11-12H2,1-5H3,(H,18,19). The molecule has 1 aromatic heterocycles. The first-order valence-electron chi connectivity index (χ1n) is 7.82. The third-order valence-corrected chi connectivity index (χ3v) is 3.33. The molecule has 0 saturated carbocycles. The number of rotatable bonds is 8. The number of aromatic nitrogens is 1. The van der Waals surface area contributed by atoms with Crippen LogP contribution in [0.2, 0.25) is 5.02 Å². The molecule has 0 aliphatic carbocycles. The van der Waals surface area contributed by atoms with Crippen LogP contribution in [-0.2, 0) is 18.3 Å². The number of nitrogens with one attached hydrogen (secondary N) is 1. The summed E-state index contributed by atoms with van der Waals surface area (Å²) in [4.78, 5) is 6.70. The lowest BCUT2D eigenvalue weighted by atomic mass is 10.2. The van der Waals surface area contributed by atoms with Gasteiger partial charge < -0.3 is 19.5 Å². The maximum atomic E-state index is 6.03. The molecule has 0 atom stereocenters. The van der Waals surface area contributed by atoms with Gasteiger partial charge in [-0.3, -0.25) is 4.99 Å². The number of ether oxygens (including phenoxy) is 1. The summed E-state index contributed by atoms with van der Waals surface area (Å²) in [5.41, 5.74) is 1.15. The van der Waals surface area contributed by atoms with Crippen LogP contribution in [-0.4, -0.2) is 48.8 Å². The maximum Gasteiger partial charge on any atom is 0.194 e. The second-order valence-corrected chi connectivity index (χ2v) is 6.26. The predicted molar refractivity (Wildman–Crippen MR) is 93.5 cm³/mol. The first kappa shape index (κ1) is 18.8. The van der Waals surface area contributed by atoms with Crippen LogP contribution < -0.4 is 5.32 Å². The second-order valence-electron chi connectivity index (χ2n) is 5.82. The van der Waals surface area contributed by atoms with Crippen LogP contribution >= 0.6 is 11.6 Å². The van der Waals surface area contributed by atoms with E-state index < -0.39 is 0 Å². The molecule has 5 nitrogen and oxygen atoms in total. The Morgan fingerprint density at radius 1 is 1.50 bits per heavy atom. The largest absolute Gasteiger partial charge is 0.379 e. The van der Waals surface area contributed by atoms with Crippen molar-refractivity contribution in [1.82, 2.24) is 14.8 Å². The summed E-state index contributed by atoms with van der Waals surface area (Å²) in [6.45, 7) is 10.0. The smallest absolute Gasteiger partial charge is 0.194 e. The van der Waals surface area contributed by atoms with Crippen molar-refractivity contribution in [3.8, 4) is 0 Å². The van der Waals surface area contributed by atoms with Crippen LogP contribution in [0.15, 0.2) is 17.3 Å². The van der Waals surface area contributed by atoms with Crippen LogP contribution in [0.25, 0.3) is 0 Å². The lowest BCUT2D eigenvalue weighted by Gasteiger charge is -2.22. The molecule has 0 radical (unpaired) electrons. The molecule has 0 aliphatic rings. The highest BCUT2D eigenvalue weighted by Gasteiger charge is 2.09. The number of guanidine groups is 1. The molecule has 0 fully saturated rings. The fourth-order valence-electron chi connectivity index (χ4n) is 2.05. The van der Waals surface area contributed by atoms with Gasteiger partial charge in [0.2, 0.25) is 0 Å². The van der Waals surface area contributed by atoms with Crippen LogP contribution in [0, 0.1) is 5.92 Å². The Morgan fingerprint density at radius 2 is 2.23 bits per heavy atom. The van der Waals surface area contributed by atoms with E-state index in [9.17, 15) is 0 Å². The van der Waals surface area contributed by atoms with Gasteiger partial charge in [-0.15, -0.1) is 0 Å². The molecule has 1 aromatic rings. The zero-order chi connectivity index (χ0) is 16.5. The minimum absolute atomic E-state index is 0.557. The normalized spacial score (nSPS) is 12.0. The summed E-state index contributed by atoms with van der Waals surface area (Å²) in [5, 5.41) is 4.07. The molecular formula is C16H29ClN4O. The Labute approximate surface area is 139 Å². The molecule has 0 aliphatic heterocycles. The van der Waals surface area contributed by atoms with Crippen molar-refractivity contribution in [1.29, 1.82) is 0 Å². The quantitative estimate of drug-likeness (QED) is 0.453. The molecule has 0 amide bonds. The van der Waals surface area contributed by atoms with Gasteiger partial charge in [0.25, 0.3) is 0 Å². The lowest BCUT2D eigenvalue weighted by Crippen LogP contribution is -2.39. The van der Waals surface area contributed by atoms with E-state index in [2.05, 4.69) is 36.0 Å². The number of aliphatic imine (C=N–C) groups is 1. The summed E-state index contributed by atoms with van der Waals surface area (Å²) in [7, 11) is 4.02. The average molecular weight is 329 g/mol. The number of nitrogens with zero attached hydrogens (tertiary/aromatic N) is 3. The van der Waals surface area contributed by atoms with Gasteiger partial charge in [-0.25, -0.2) is 0 Å². The first-order valence-corrected chi connectivity index (χ1v) is 8.19. The Balaban J connectivity index is 2.55. The van der Waals surface area contributed by atoms with Gasteiger partial charge in [-0.2, -0.15) is 0 Å². The topological polar surface area (TPSA) is 41.8 Å². The van der Waals surface area contributed by atoms with Crippen molar-refractivity contribution in [3.05, 3.63) is 23.0 Å². The van der Waals surface area contributed by atoms with Gasteiger partial charge in [0.1, 0.15) is 0 Å². The summed E-state index contributed by atoms with van der Waals surface area (Å²) >= 11 is 6.03. The first-order chi connectivity index (χ1) is 10.4. The Bertz CT molecular complexity index is 471. The van der Waals surface area contributed by atoms with Gasteiger partial charge in [0, 0.05) is 39.1 Å². The van der Waals surface area contributed by atoms with Crippen LogP contribution in [0.3, 0.4) is 0 Å². The predicted octanol–water partition coefficient (Wildman–Crippen LogP) is 2.75. The molecule has 1 rings (SSSR count). The fraction of sp³-hybridized carbons (Fsp3) is 0.688. The van der Waals surface area contributed by atoms with Crippen LogP contribution in [0.1, 0.15) is 26.5 Å². The van der Waals surface area contributed by atoms with E-state index in [1.807, 2.05) is 30.9 Å². The van der Waals surface area contributed by atoms with E-state index in [0.29, 0.717) is 19.1 Å². The third-order valence-electron chi connectivity index (χ3n) is 3.12. The van der Waals surface area contributed by atoms with E-state index in [4.69, 9.17) is 16.3 Å². The molecule has 1 heterocycles. The summed E-state index contributed by atoms with van der Waals surface area (Å²) in [5.74, 6) is 1.44. The van der Waals surface area contributed by atoms with Crippen molar-refractivity contribution in [2.24, 2.45) is 18.0 Å². The second kappa shape index (κ2) is 9.74. The van der Waals surface area contributed by atoms with Crippen molar-refractivity contribution in [3.63, 3.8) is 0 Å². The zero-order valence-electron chi connectivity index (χ0n) is 14.4. The summed E-state index contributed by atoms with van der Waals surface area (Å²) in [6.07, 6.45) is 1.91. The molecule has 1 N–H and O–H groups in total. The van der Waals surface area contributed by atoms with Gasteiger partial charge in [-0.05, 0) is 18.9 Å². The maximum absolute atomic E-state index is 6.03. The van der Waals surface area contributed by atoms with Crippen molar-refractivity contribution in [2.75, 3.05) is 33.4 Å². The minimum atomic E-state index is 0.557. The molecular weight excluding hydrogens is 300 g/mol. The van der Waals surface area contributed by atoms with E-state index in [-0.39, 0.29) is 0 Å². The Kier molecular flexibility index (Phi) is 8.35. The third kappa shape index (κ3) is 6.71. The number of halogens is 1. The molecule has 0 aromatic carbocycles. The molecule has 0 bridgehead atoms. The van der Waals surface area contributed by atoms with Crippen molar-refractivity contribution < 1.29 is 4.74 Å². The highest BCUT2D eigenvalue weighted by Crippen LogP contribution is 2.14. The van der Waals surface area contributed by atoms with E-state index in [1.165, 1.54) is 0 Å². The van der Waals surface area contributed by atoms with E-state index in [0.717, 1.165) is 36.4 Å². The van der Waals surface area contributed by atoms with Crippen LogP contribution in [0.5, 0.6) is 0 Å². The lowest BCUT2D eigenvalue weighted by molar-refractivity contribution is 0.116. The highest BCUT2D eigenvalue weighted by molar-refractivity contribution is 6.30. The SMILES string of the molecule is CCNC(=NCCOCC(C)C)N(C)Cc1cc(Cl)cn1C. The Hall–Kier alpha value is -1.20. The molecule has 0 unspecified atom stereocenters. The van der Waals surface area contributed by atoms with E-state index in [1.54, 1.807) is 0 Å². The number of hydrogen-bond donors (Lipinski definition) is 1. The minimum Gasteiger partial charge on any atom is -0.379 e. The monoisotopic (exact) mass is 328 g/mol. The van der Waals surface area contributed by atoms with Gasteiger partial charge >= 0.3 is 0 Å². The molecule has 126 valence electrons. The molecule has 22 heavy (non-hydrogen) atoms. The summed E-state index contributed by atoms with van der Waals surface area (Å²) in [6, 6.07) is 1.98. The fourth-order valence-corrected chi connectivity index (χ4v) is 2.32. The molecule has 6 heteroatoms. The number of aryl methyl sites for hydroxylation is 1. The molecule has 0 saturated heterocycles. The van der Waals surface area contributed by atoms with Gasteiger partial charge in [0.05, 0.1) is 24.7 Å². The highest BCUT2D eigenvalue weighted by atomic mass is 35.5. The zero-order valence-corrected chi connectivity index (χ0v) is 15.2. The average Bonchev–Trinajstić information content (AvgIpc) is 2.74. The molecule has 0 spiro atoms.